The normalized spacial score (nSPS) is 27.3. The second-order valence-corrected chi connectivity index (χ2v) is 6.23. The second kappa shape index (κ2) is 6.94. The average molecular weight is 327 g/mol. The summed E-state index contributed by atoms with van der Waals surface area (Å²) in [6.07, 6.45) is 2.72. The van der Waals surface area contributed by atoms with E-state index in [1.165, 1.54) is 12.1 Å². The van der Waals surface area contributed by atoms with Crippen LogP contribution in [0.1, 0.15) is 30.9 Å². The highest BCUT2D eigenvalue weighted by Gasteiger charge is 2.32. The third kappa shape index (κ3) is 3.42. The van der Waals surface area contributed by atoms with Crippen molar-refractivity contribution in [3.63, 3.8) is 0 Å². The molecule has 0 saturated carbocycles. The number of nitrogens with zero attached hydrogens (tertiary/aromatic N) is 1. The fourth-order valence-corrected chi connectivity index (χ4v) is 3.46. The number of amides is 1. The topological polar surface area (TPSA) is 41.6 Å². The third-order valence-electron chi connectivity index (χ3n) is 4.35. The summed E-state index contributed by atoms with van der Waals surface area (Å²) in [5, 5.41) is 3.34. The van der Waals surface area contributed by atoms with Gasteiger partial charge < -0.3 is 10.1 Å². The summed E-state index contributed by atoms with van der Waals surface area (Å²) in [7, 11) is 0. The predicted molar refractivity (Wildman–Crippen MR) is 82.3 cm³/mol. The van der Waals surface area contributed by atoms with Gasteiger partial charge in [0.05, 0.1) is 18.8 Å². The molecular formula is C16H20ClFN2O2. The number of halogens is 2. The van der Waals surface area contributed by atoms with E-state index in [-0.39, 0.29) is 23.9 Å². The van der Waals surface area contributed by atoms with E-state index in [2.05, 4.69) is 10.2 Å². The third-order valence-corrected chi connectivity index (χ3v) is 4.68. The Kier molecular flexibility index (Phi) is 4.96. The van der Waals surface area contributed by atoms with E-state index in [1.54, 1.807) is 6.07 Å². The van der Waals surface area contributed by atoms with Gasteiger partial charge >= 0.3 is 0 Å². The first-order valence-corrected chi connectivity index (χ1v) is 8.11. The molecule has 22 heavy (non-hydrogen) atoms. The molecule has 2 aliphatic heterocycles. The number of benzene rings is 1. The van der Waals surface area contributed by atoms with Gasteiger partial charge in [0.15, 0.2) is 0 Å². The Labute approximate surface area is 134 Å². The molecule has 0 bridgehead atoms. The van der Waals surface area contributed by atoms with Gasteiger partial charge in [-0.3, -0.25) is 9.69 Å². The van der Waals surface area contributed by atoms with Gasteiger partial charge in [0.2, 0.25) is 5.91 Å². The largest absolute Gasteiger partial charge is 0.371 e. The molecule has 1 amide bonds. The number of nitrogens with one attached hydrogen (secondary N) is 1. The maximum Gasteiger partial charge on any atom is 0.237 e. The first kappa shape index (κ1) is 15.7. The fraction of sp³-hybridized carbons (Fsp3) is 0.562. The number of ether oxygens (including phenoxy) is 1. The number of carbonyl (C=O) groups is 1. The minimum Gasteiger partial charge on any atom is -0.371 e. The highest BCUT2D eigenvalue weighted by molar-refractivity contribution is 6.31. The van der Waals surface area contributed by atoms with Crippen LogP contribution in [0.5, 0.6) is 0 Å². The number of hydrogen-bond acceptors (Lipinski definition) is 3. The van der Waals surface area contributed by atoms with Crippen LogP contribution in [0.4, 0.5) is 4.39 Å². The van der Waals surface area contributed by atoms with Gasteiger partial charge in [-0.1, -0.05) is 17.7 Å². The summed E-state index contributed by atoms with van der Waals surface area (Å²) >= 11 is 6.13. The molecule has 1 aromatic carbocycles. The Hall–Kier alpha value is -1.17. The Balaban J connectivity index is 1.74. The van der Waals surface area contributed by atoms with E-state index >= 15 is 0 Å². The van der Waals surface area contributed by atoms with Crippen LogP contribution < -0.4 is 5.32 Å². The summed E-state index contributed by atoms with van der Waals surface area (Å²) < 4.78 is 19.0. The van der Waals surface area contributed by atoms with Crippen LogP contribution in [0, 0.1) is 5.82 Å². The highest BCUT2D eigenvalue weighted by Crippen LogP contribution is 2.30. The summed E-state index contributed by atoms with van der Waals surface area (Å²) in [5.74, 6) is -0.257. The molecule has 1 N–H and O–H groups in total. The van der Waals surface area contributed by atoms with Crippen molar-refractivity contribution >= 4 is 17.5 Å². The van der Waals surface area contributed by atoms with Crippen molar-refractivity contribution in [3.05, 3.63) is 34.6 Å². The predicted octanol–water partition coefficient (Wildman–Crippen LogP) is 2.52. The number of rotatable bonds is 2. The fourth-order valence-electron chi connectivity index (χ4n) is 3.17. The SMILES string of the molecule is O=C1NCCCC[C@@H]1N1CCO[C@@H](c2ccc(F)cc2Cl)C1. The molecule has 0 unspecified atom stereocenters. The van der Waals surface area contributed by atoms with Crippen molar-refractivity contribution < 1.29 is 13.9 Å². The summed E-state index contributed by atoms with van der Waals surface area (Å²) in [5.41, 5.74) is 0.779. The molecule has 2 aliphatic rings. The van der Waals surface area contributed by atoms with Crippen molar-refractivity contribution in [3.8, 4) is 0 Å². The molecule has 0 radical (unpaired) electrons. The summed E-state index contributed by atoms with van der Waals surface area (Å²) in [4.78, 5) is 14.4. The molecular weight excluding hydrogens is 307 g/mol. The van der Waals surface area contributed by atoms with Crippen LogP contribution in [0.2, 0.25) is 5.02 Å². The summed E-state index contributed by atoms with van der Waals surface area (Å²) in [6.45, 7) is 2.63. The molecule has 2 atom stereocenters. The lowest BCUT2D eigenvalue weighted by Crippen LogP contribution is -2.51. The number of hydrogen-bond donors (Lipinski definition) is 1. The van der Waals surface area contributed by atoms with Crippen LogP contribution in [0.3, 0.4) is 0 Å². The van der Waals surface area contributed by atoms with Crippen molar-refractivity contribution in [1.82, 2.24) is 10.2 Å². The molecule has 2 heterocycles. The number of morpholine rings is 1. The Morgan fingerprint density at radius 1 is 1.36 bits per heavy atom. The first-order chi connectivity index (χ1) is 10.6. The van der Waals surface area contributed by atoms with Crippen LogP contribution >= 0.6 is 11.6 Å². The van der Waals surface area contributed by atoms with E-state index in [1.807, 2.05) is 0 Å². The standard InChI is InChI=1S/C16H20ClFN2O2/c17-13-9-11(18)4-5-12(13)15-10-20(7-8-22-15)14-3-1-2-6-19-16(14)21/h4-5,9,14-15H,1-3,6-8,10H2,(H,19,21)/t14-,15+/m0/s1. The second-order valence-electron chi connectivity index (χ2n) is 5.82. The molecule has 0 aromatic heterocycles. The van der Waals surface area contributed by atoms with E-state index in [9.17, 15) is 9.18 Å². The van der Waals surface area contributed by atoms with Crippen molar-refractivity contribution in [2.24, 2.45) is 0 Å². The number of carbonyl (C=O) groups excluding carboxylic acids is 1. The molecule has 6 heteroatoms. The molecule has 2 fully saturated rings. The Morgan fingerprint density at radius 2 is 2.23 bits per heavy atom. The minimum atomic E-state index is -0.357. The lowest BCUT2D eigenvalue weighted by molar-refractivity contribution is -0.129. The molecule has 120 valence electrons. The maximum atomic E-state index is 13.2. The molecule has 0 aliphatic carbocycles. The lowest BCUT2D eigenvalue weighted by Gasteiger charge is -2.37. The van der Waals surface area contributed by atoms with Crippen LogP contribution in [0.15, 0.2) is 18.2 Å². The smallest absolute Gasteiger partial charge is 0.237 e. The van der Waals surface area contributed by atoms with Gasteiger partial charge in [-0.25, -0.2) is 4.39 Å². The van der Waals surface area contributed by atoms with Gasteiger partial charge in [-0.05, 0) is 31.4 Å². The Morgan fingerprint density at radius 3 is 3.05 bits per heavy atom. The monoisotopic (exact) mass is 326 g/mol. The highest BCUT2D eigenvalue weighted by atomic mass is 35.5. The molecule has 3 rings (SSSR count). The first-order valence-electron chi connectivity index (χ1n) is 7.73. The zero-order valence-corrected chi connectivity index (χ0v) is 13.1. The van der Waals surface area contributed by atoms with Gasteiger partial charge in [-0.15, -0.1) is 0 Å². The van der Waals surface area contributed by atoms with Crippen LogP contribution in [-0.2, 0) is 9.53 Å². The Bertz CT molecular complexity index is 555. The molecule has 1 aromatic rings. The van der Waals surface area contributed by atoms with Crippen LogP contribution in [0.25, 0.3) is 0 Å². The molecule has 4 nitrogen and oxygen atoms in total. The molecule has 2 saturated heterocycles. The van der Waals surface area contributed by atoms with Gasteiger partial charge in [-0.2, -0.15) is 0 Å². The van der Waals surface area contributed by atoms with Gasteiger partial charge in [0.1, 0.15) is 5.82 Å². The maximum absolute atomic E-state index is 13.2. The zero-order chi connectivity index (χ0) is 15.5. The van der Waals surface area contributed by atoms with E-state index in [0.717, 1.165) is 37.9 Å². The average Bonchev–Trinajstić information content (AvgIpc) is 2.72. The van der Waals surface area contributed by atoms with Gasteiger partial charge in [0, 0.05) is 30.2 Å². The zero-order valence-electron chi connectivity index (χ0n) is 12.4. The van der Waals surface area contributed by atoms with E-state index in [4.69, 9.17) is 16.3 Å². The molecule has 0 spiro atoms. The van der Waals surface area contributed by atoms with Gasteiger partial charge in [0.25, 0.3) is 0 Å². The van der Waals surface area contributed by atoms with Crippen molar-refractivity contribution in [2.45, 2.75) is 31.4 Å². The van der Waals surface area contributed by atoms with E-state index in [0.29, 0.717) is 18.2 Å². The van der Waals surface area contributed by atoms with Crippen LogP contribution in [-0.4, -0.2) is 43.1 Å². The quantitative estimate of drug-likeness (QED) is 0.908. The van der Waals surface area contributed by atoms with Crippen molar-refractivity contribution in [1.29, 1.82) is 0 Å². The summed E-state index contributed by atoms with van der Waals surface area (Å²) in [6, 6.07) is 4.26. The minimum absolute atomic E-state index is 0.100. The van der Waals surface area contributed by atoms with E-state index < -0.39 is 0 Å². The van der Waals surface area contributed by atoms with Crippen molar-refractivity contribution in [2.75, 3.05) is 26.2 Å². The lowest BCUT2D eigenvalue weighted by atomic mass is 10.0.